The van der Waals surface area contributed by atoms with Crippen molar-refractivity contribution in [1.29, 1.82) is 0 Å². The van der Waals surface area contributed by atoms with Gasteiger partial charge in [0, 0.05) is 19.7 Å². The zero-order valence-electron chi connectivity index (χ0n) is 16.0. The smallest absolute Gasteiger partial charge is 0.295 e. The van der Waals surface area contributed by atoms with Gasteiger partial charge in [-0.25, -0.2) is 26.5 Å². The van der Waals surface area contributed by atoms with E-state index in [1.165, 1.54) is 44.4 Å². The molecule has 7 nitrogen and oxygen atoms in total. The molecule has 2 N–H and O–H groups in total. The number of sulfonamides is 1. The molecule has 1 unspecified atom stereocenters. The number of benzene rings is 2. The highest BCUT2D eigenvalue weighted by atomic mass is 32.2. The van der Waals surface area contributed by atoms with Crippen LogP contribution >= 0.6 is 0 Å². The molecule has 0 spiro atoms. The molecule has 0 aliphatic carbocycles. The maximum Gasteiger partial charge on any atom is 0.295 e. The van der Waals surface area contributed by atoms with Crippen molar-refractivity contribution in [3.8, 4) is 0 Å². The summed E-state index contributed by atoms with van der Waals surface area (Å²) in [6, 6.07) is 10.3. The first kappa shape index (κ1) is 20.9. The number of rotatable bonds is 6. The number of amides is 1. The Morgan fingerprint density at radius 3 is 2.38 bits per heavy atom. The molecule has 3 rings (SSSR count). The lowest BCUT2D eigenvalue weighted by atomic mass is 10.1. The van der Waals surface area contributed by atoms with Crippen molar-refractivity contribution in [2.45, 2.75) is 24.3 Å². The molecule has 0 radical (unpaired) electrons. The molecule has 29 heavy (non-hydrogen) atoms. The molecule has 1 aromatic heterocycles. The normalized spacial score (nSPS) is 13.2. The highest BCUT2D eigenvalue weighted by Crippen LogP contribution is 2.22. The van der Waals surface area contributed by atoms with Crippen molar-refractivity contribution in [2.24, 2.45) is 0 Å². The van der Waals surface area contributed by atoms with E-state index in [9.17, 15) is 22.0 Å². The lowest BCUT2D eigenvalue weighted by Crippen LogP contribution is -2.26. The Balaban J connectivity index is 1.75. The highest BCUT2D eigenvalue weighted by Gasteiger charge is 2.19. The molecular formula is C19H20F2N4O3S. The predicted octanol–water partition coefficient (Wildman–Crippen LogP) is 3.24. The summed E-state index contributed by atoms with van der Waals surface area (Å²) < 4.78 is 50.9. The number of fused-ring (bicyclic) bond motifs is 1. The van der Waals surface area contributed by atoms with E-state index in [-0.39, 0.29) is 4.90 Å². The van der Waals surface area contributed by atoms with Crippen molar-refractivity contribution in [1.82, 2.24) is 19.6 Å². The molecule has 0 aliphatic heterocycles. The van der Waals surface area contributed by atoms with E-state index in [4.69, 9.17) is 0 Å². The number of nitrogens with one attached hydrogen (secondary N) is 2. The molecule has 1 atom stereocenters. The van der Waals surface area contributed by atoms with Crippen molar-refractivity contribution in [3.05, 3.63) is 59.4 Å². The lowest BCUT2D eigenvalue weighted by Gasteiger charge is -2.16. The number of imidazole rings is 1. The fraction of sp³-hybridized carbons (Fsp3) is 0.263. The third kappa shape index (κ3) is 4.28. The lowest BCUT2D eigenvalue weighted by molar-refractivity contribution is 0.0940. The Kier molecular flexibility index (Phi) is 5.67. The minimum atomic E-state index is -3.53. The van der Waals surface area contributed by atoms with Gasteiger partial charge < -0.3 is 10.3 Å². The number of nitrogens with zero attached hydrogens (tertiary/aromatic N) is 2. The molecule has 1 amide bonds. The first-order valence-electron chi connectivity index (χ1n) is 8.71. The minimum Gasteiger partial charge on any atom is -0.346 e. The third-order valence-electron chi connectivity index (χ3n) is 4.48. The van der Waals surface area contributed by atoms with Gasteiger partial charge in [0.2, 0.25) is 10.0 Å². The topological polar surface area (TPSA) is 95.2 Å². The Hall–Kier alpha value is -2.85. The number of hydrogen-bond acceptors (Lipinski definition) is 4. The number of carbonyl (C=O) groups is 1. The Morgan fingerprint density at radius 2 is 1.79 bits per heavy atom. The summed E-state index contributed by atoms with van der Waals surface area (Å²) in [4.78, 5) is 19.0. The highest BCUT2D eigenvalue weighted by molar-refractivity contribution is 7.89. The first-order valence-corrected chi connectivity index (χ1v) is 10.1. The van der Waals surface area contributed by atoms with Crippen LogP contribution in [-0.2, 0) is 10.0 Å². The van der Waals surface area contributed by atoms with Gasteiger partial charge >= 0.3 is 0 Å². The predicted molar refractivity (Wildman–Crippen MR) is 104 cm³/mol. The quantitative estimate of drug-likeness (QED) is 0.638. The summed E-state index contributed by atoms with van der Waals surface area (Å²) in [5, 5.41) is 2.81. The molecule has 10 heteroatoms. The van der Waals surface area contributed by atoms with E-state index in [1.54, 1.807) is 19.1 Å². The summed E-state index contributed by atoms with van der Waals surface area (Å²) >= 11 is 0. The molecular weight excluding hydrogens is 402 g/mol. The molecule has 0 aliphatic rings. The number of halogens is 2. The molecule has 2 aromatic carbocycles. The van der Waals surface area contributed by atoms with Crippen LogP contribution in [0.2, 0.25) is 0 Å². The van der Waals surface area contributed by atoms with Crippen LogP contribution < -0.4 is 5.32 Å². The van der Waals surface area contributed by atoms with E-state index in [0.29, 0.717) is 16.6 Å². The van der Waals surface area contributed by atoms with Gasteiger partial charge in [-0.05, 0) is 42.8 Å². The second-order valence-corrected chi connectivity index (χ2v) is 8.86. The molecule has 0 saturated heterocycles. The molecule has 1 heterocycles. The van der Waals surface area contributed by atoms with Gasteiger partial charge in [-0.1, -0.05) is 12.1 Å². The van der Waals surface area contributed by atoms with Gasteiger partial charge in [0.05, 0.1) is 22.0 Å². The number of aromatic nitrogens is 2. The standard InChI is InChI=1S/C19H20F2N4O3S/c1-11(12-4-7-14(8-5-12)29(27,28)25(2)3)22-19(26)13-6-9-15-16(10-13)24-18(23-15)17(20)21/h4-11,17H,1-3H3,(H,22,26)(H,23,24). The zero-order chi connectivity index (χ0) is 21.3. The SMILES string of the molecule is CC(NC(=O)c1ccc2nc(C(F)F)[nH]c2c1)c1ccc(S(=O)(=O)N(C)C)cc1. The number of carbonyl (C=O) groups excluding carboxylic acids is 1. The van der Waals surface area contributed by atoms with Crippen LogP contribution in [0.3, 0.4) is 0 Å². The van der Waals surface area contributed by atoms with Gasteiger partial charge in [0.25, 0.3) is 12.3 Å². The van der Waals surface area contributed by atoms with Crippen LogP contribution in [-0.4, -0.2) is 42.7 Å². The summed E-state index contributed by atoms with van der Waals surface area (Å²) in [5.41, 5.74) is 1.71. The van der Waals surface area contributed by atoms with Gasteiger partial charge in [-0.3, -0.25) is 4.79 Å². The first-order chi connectivity index (χ1) is 13.6. The van der Waals surface area contributed by atoms with Gasteiger partial charge in [-0.15, -0.1) is 0 Å². The Bertz CT molecular complexity index is 1140. The van der Waals surface area contributed by atoms with Crippen LogP contribution in [0.15, 0.2) is 47.4 Å². The maximum atomic E-state index is 12.8. The van der Waals surface area contributed by atoms with E-state index in [2.05, 4.69) is 15.3 Å². The van der Waals surface area contributed by atoms with Crippen LogP contribution in [0.5, 0.6) is 0 Å². The van der Waals surface area contributed by atoms with Crippen molar-refractivity contribution < 1.29 is 22.0 Å². The monoisotopic (exact) mass is 422 g/mol. The Morgan fingerprint density at radius 1 is 1.14 bits per heavy atom. The molecule has 154 valence electrons. The summed E-state index contributed by atoms with van der Waals surface area (Å²) in [6.45, 7) is 1.76. The van der Waals surface area contributed by atoms with Crippen LogP contribution in [0.4, 0.5) is 8.78 Å². The fourth-order valence-electron chi connectivity index (χ4n) is 2.78. The average Bonchev–Trinajstić information content (AvgIpc) is 3.11. The van der Waals surface area contributed by atoms with E-state index < -0.39 is 34.2 Å². The summed E-state index contributed by atoms with van der Waals surface area (Å²) in [7, 11) is -0.625. The molecule has 0 saturated carbocycles. The number of aromatic amines is 1. The van der Waals surface area contributed by atoms with Crippen molar-refractivity contribution in [2.75, 3.05) is 14.1 Å². The molecule has 0 bridgehead atoms. The maximum absolute atomic E-state index is 12.8. The van der Waals surface area contributed by atoms with E-state index in [0.717, 1.165) is 9.87 Å². The summed E-state index contributed by atoms with van der Waals surface area (Å²) in [6.07, 6.45) is -2.72. The second kappa shape index (κ2) is 7.88. The minimum absolute atomic E-state index is 0.157. The summed E-state index contributed by atoms with van der Waals surface area (Å²) in [5.74, 6) is -0.837. The Labute approximate surface area is 166 Å². The molecule has 3 aromatic rings. The van der Waals surface area contributed by atoms with Gasteiger partial charge in [0.15, 0.2) is 5.82 Å². The fourth-order valence-corrected chi connectivity index (χ4v) is 3.68. The average molecular weight is 422 g/mol. The zero-order valence-corrected chi connectivity index (χ0v) is 16.8. The van der Waals surface area contributed by atoms with E-state index in [1.807, 2.05) is 0 Å². The largest absolute Gasteiger partial charge is 0.346 e. The third-order valence-corrected chi connectivity index (χ3v) is 6.30. The number of hydrogen-bond donors (Lipinski definition) is 2. The van der Waals surface area contributed by atoms with Gasteiger partial charge in [-0.2, -0.15) is 0 Å². The number of H-pyrrole nitrogens is 1. The van der Waals surface area contributed by atoms with Crippen molar-refractivity contribution >= 4 is 27.0 Å². The van der Waals surface area contributed by atoms with Crippen LogP contribution in [0.1, 0.15) is 41.1 Å². The van der Waals surface area contributed by atoms with Crippen LogP contribution in [0, 0.1) is 0 Å². The van der Waals surface area contributed by atoms with Crippen LogP contribution in [0.25, 0.3) is 11.0 Å². The second-order valence-electron chi connectivity index (χ2n) is 6.71. The van der Waals surface area contributed by atoms with Gasteiger partial charge in [0.1, 0.15) is 0 Å². The van der Waals surface area contributed by atoms with Crippen molar-refractivity contribution in [3.63, 3.8) is 0 Å². The van der Waals surface area contributed by atoms with E-state index >= 15 is 0 Å². The number of alkyl halides is 2. The molecule has 0 fully saturated rings.